The van der Waals surface area contributed by atoms with Gasteiger partial charge in [-0.05, 0) is 63.0 Å². The molecule has 0 saturated carbocycles. The summed E-state index contributed by atoms with van der Waals surface area (Å²) in [5.41, 5.74) is 1.00. The van der Waals surface area contributed by atoms with Crippen LogP contribution in [0.1, 0.15) is 23.6 Å². The average molecular weight is 424 g/mol. The van der Waals surface area contributed by atoms with Crippen molar-refractivity contribution in [3.05, 3.63) is 59.2 Å². The maximum absolute atomic E-state index is 13.0. The van der Waals surface area contributed by atoms with E-state index >= 15 is 0 Å². The van der Waals surface area contributed by atoms with Gasteiger partial charge in [0.15, 0.2) is 11.5 Å². The standard InChI is InChI=1S/C23H24N2O6/c1-24(2)10-3-11-25-20(14-4-7-16(26)8-5-14)19(22(28)23(25)29)21(27)15-6-9-17-18(12-15)31-13-30-17/h4-9,12,20,26-27H,3,10-11,13H2,1-2H3/b21-19-. The summed E-state index contributed by atoms with van der Waals surface area (Å²) in [6.07, 6.45) is 0.665. The van der Waals surface area contributed by atoms with Crippen LogP contribution in [0, 0.1) is 0 Å². The maximum Gasteiger partial charge on any atom is 0.295 e. The third-order valence-corrected chi connectivity index (χ3v) is 5.40. The fraction of sp³-hybridized carbons (Fsp3) is 0.304. The van der Waals surface area contributed by atoms with Crippen LogP contribution < -0.4 is 9.47 Å². The number of ketones is 1. The number of carbonyl (C=O) groups excluding carboxylic acids is 2. The summed E-state index contributed by atoms with van der Waals surface area (Å²) in [5.74, 6) is -0.577. The molecule has 2 aliphatic rings. The van der Waals surface area contributed by atoms with Gasteiger partial charge in [-0.1, -0.05) is 12.1 Å². The highest BCUT2D eigenvalue weighted by molar-refractivity contribution is 6.46. The Bertz CT molecular complexity index is 1040. The van der Waals surface area contributed by atoms with Gasteiger partial charge in [-0.3, -0.25) is 9.59 Å². The number of nitrogens with zero attached hydrogens (tertiary/aromatic N) is 2. The fourth-order valence-electron chi connectivity index (χ4n) is 3.87. The van der Waals surface area contributed by atoms with Crippen LogP contribution in [0.5, 0.6) is 17.2 Å². The van der Waals surface area contributed by atoms with E-state index in [4.69, 9.17) is 9.47 Å². The van der Waals surface area contributed by atoms with Crippen LogP contribution in [0.25, 0.3) is 5.76 Å². The summed E-state index contributed by atoms with van der Waals surface area (Å²) >= 11 is 0. The summed E-state index contributed by atoms with van der Waals surface area (Å²) in [6, 6.07) is 10.4. The molecule has 1 saturated heterocycles. The number of hydrogen-bond donors (Lipinski definition) is 2. The van der Waals surface area contributed by atoms with E-state index in [1.54, 1.807) is 30.3 Å². The lowest BCUT2D eigenvalue weighted by Crippen LogP contribution is -2.32. The molecule has 4 rings (SSSR count). The van der Waals surface area contributed by atoms with Gasteiger partial charge in [0.2, 0.25) is 6.79 Å². The van der Waals surface area contributed by atoms with Crippen molar-refractivity contribution < 1.29 is 29.3 Å². The third kappa shape index (κ3) is 3.94. The molecule has 8 heteroatoms. The Morgan fingerprint density at radius 3 is 2.52 bits per heavy atom. The number of hydrogen-bond acceptors (Lipinski definition) is 7. The summed E-state index contributed by atoms with van der Waals surface area (Å²) < 4.78 is 10.7. The summed E-state index contributed by atoms with van der Waals surface area (Å²) in [6.45, 7) is 1.18. The Morgan fingerprint density at radius 2 is 1.81 bits per heavy atom. The van der Waals surface area contributed by atoms with Crippen LogP contribution in [0.15, 0.2) is 48.0 Å². The molecule has 2 aromatic carbocycles. The molecule has 0 radical (unpaired) electrons. The van der Waals surface area contributed by atoms with Crippen LogP contribution in [0.3, 0.4) is 0 Å². The van der Waals surface area contributed by atoms with Crippen molar-refractivity contribution in [2.24, 2.45) is 0 Å². The van der Waals surface area contributed by atoms with Crippen LogP contribution in [-0.2, 0) is 9.59 Å². The van der Waals surface area contributed by atoms with Gasteiger partial charge in [0.05, 0.1) is 11.6 Å². The van der Waals surface area contributed by atoms with Crippen LogP contribution >= 0.6 is 0 Å². The first-order valence-corrected chi connectivity index (χ1v) is 9.99. The minimum atomic E-state index is -0.756. The second-order valence-corrected chi connectivity index (χ2v) is 7.81. The first-order chi connectivity index (χ1) is 14.9. The van der Waals surface area contributed by atoms with Gasteiger partial charge in [0.1, 0.15) is 11.5 Å². The molecule has 2 aromatic rings. The number of aliphatic hydroxyl groups is 1. The smallest absolute Gasteiger partial charge is 0.295 e. The molecule has 162 valence electrons. The largest absolute Gasteiger partial charge is 0.508 e. The molecule has 2 heterocycles. The van der Waals surface area contributed by atoms with Crippen LogP contribution in [-0.4, -0.2) is 65.7 Å². The van der Waals surface area contributed by atoms with Gasteiger partial charge in [-0.2, -0.15) is 0 Å². The number of ether oxygens (including phenoxy) is 2. The second kappa shape index (κ2) is 8.31. The molecular weight excluding hydrogens is 400 g/mol. The molecular formula is C23H24N2O6. The predicted molar refractivity (Wildman–Crippen MR) is 113 cm³/mol. The zero-order valence-corrected chi connectivity index (χ0v) is 17.4. The number of phenolic OH excluding ortho intramolecular Hbond substituents is 1. The molecule has 1 amide bonds. The van der Waals surface area contributed by atoms with Crippen molar-refractivity contribution in [3.63, 3.8) is 0 Å². The highest BCUT2D eigenvalue weighted by Gasteiger charge is 2.45. The van der Waals surface area contributed by atoms with Crippen molar-refractivity contribution in [3.8, 4) is 17.2 Å². The quantitative estimate of drug-likeness (QED) is 0.418. The van der Waals surface area contributed by atoms with E-state index in [1.165, 1.54) is 17.0 Å². The normalized spacial score (nSPS) is 19.5. The lowest BCUT2D eigenvalue weighted by Gasteiger charge is -2.26. The van der Waals surface area contributed by atoms with Gasteiger partial charge >= 0.3 is 0 Å². The van der Waals surface area contributed by atoms with E-state index in [9.17, 15) is 19.8 Å². The average Bonchev–Trinajstić information content (AvgIpc) is 3.31. The van der Waals surface area contributed by atoms with Gasteiger partial charge in [-0.15, -0.1) is 0 Å². The Morgan fingerprint density at radius 1 is 1.10 bits per heavy atom. The van der Waals surface area contributed by atoms with Crippen molar-refractivity contribution in [1.29, 1.82) is 0 Å². The maximum atomic E-state index is 13.0. The number of Topliss-reactive ketones (excluding diaryl/α,β-unsaturated/α-hetero) is 1. The molecule has 1 fully saturated rings. The Kier molecular flexibility index (Phi) is 5.56. The molecule has 0 bridgehead atoms. The van der Waals surface area contributed by atoms with Crippen molar-refractivity contribution in [1.82, 2.24) is 9.80 Å². The minimum absolute atomic E-state index is 0.0133. The van der Waals surface area contributed by atoms with E-state index in [0.29, 0.717) is 35.6 Å². The number of phenols is 1. The van der Waals surface area contributed by atoms with Gasteiger partial charge in [0.25, 0.3) is 11.7 Å². The number of carbonyl (C=O) groups is 2. The van der Waals surface area contributed by atoms with Crippen molar-refractivity contribution >= 4 is 17.4 Å². The molecule has 2 aliphatic heterocycles. The summed E-state index contributed by atoms with van der Waals surface area (Å²) in [4.78, 5) is 29.4. The first-order valence-electron chi connectivity index (χ1n) is 9.99. The number of fused-ring (bicyclic) bond motifs is 1. The summed E-state index contributed by atoms with van der Waals surface area (Å²) in [7, 11) is 3.87. The molecule has 1 atom stereocenters. The molecule has 0 aromatic heterocycles. The molecule has 0 spiro atoms. The van der Waals surface area contributed by atoms with Crippen LogP contribution in [0.4, 0.5) is 0 Å². The van der Waals surface area contributed by atoms with Gasteiger partial charge in [-0.25, -0.2) is 0 Å². The zero-order chi connectivity index (χ0) is 22.1. The lowest BCUT2D eigenvalue weighted by molar-refractivity contribution is -0.139. The van der Waals surface area contributed by atoms with Crippen molar-refractivity contribution in [2.75, 3.05) is 34.0 Å². The molecule has 31 heavy (non-hydrogen) atoms. The van der Waals surface area contributed by atoms with Gasteiger partial charge in [0, 0.05) is 12.1 Å². The number of aromatic hydroxyl groups is 1. The molecule has 2 N–H and O–H groups in total. The Labute approximate surface area is 179 Å². The van der Waals surface area contributed by atoms with Crippen molar-refractivity contribution in [2.45, 2.75) is 12.5 Å². The van der Waals surface area contributed by atoms with E-state index in [-0.39, 0.29) is 23.9 Å². The molecule has 1 unspecified atom stereocenters. The Balaban J connectivity index is 1.78. The number of benzene rings is 2. The monoisotopic (exact) mass is 424 g/mol. The van der Waals surface area contributed by atoms with E-state index in [0.717, 1.165) is 6.54 Å². The van der Waals surface area contributed by atoms with E-state index in [1.807, 2.05) is 19.0 Å². The number of likely N-dealkylation sites (tertiary alicyclic amines) is 1. The first kappa shape index (κ1) is 20.7. The number of aliphatic hydroxyl groups excluding tert-OH is 1. The number of rotatable bonds is 6. The van der Waals surface area contributed by atoms with E-state index < -0.39 is 17.7 Å². The lowest BCUT2D eigenvalue weighted by atomic mass is 9.95. The highest BCUT2D eigenvalue weighted by atomic mass is 16.7. The Hall–Kier alpha value is -3.52. The predicted octanol–water partition coefficient (Wildman–Crippen LogP) is 2.49. The van der Waals surface area contributed by atoms with Gasteiger partial charge < -0.3 is 29.5 Å². The third-order valence-electron chi connectivity index (χ3n) is 5.40. The van der Waals surface area contributed by atoms with Crippen LogP contribution in [0.2, 0.25) is 0 Å². The number of amides is 1. The SMILES string of the molecule is CN(C)CCCN1C(=O)C(=O)/C(=C(\O)c2ccc3c(c2)OCO3)C1c1ccc(O)cc1. The van der Waals surface area contributed by atoms with E-state index in [2.05, 4.69) is 0 Å². The highest BCUT2D eigenvalue weighted by Crippen LogP contribution is 2.41. The minimum Gasteiger partial charge on any atom is -0.508 e. The second-order valence-electron chi connectivity index (χ2n) is 7.81. The fourth-order valence-corrected chi connectivity index (χ4v) is 3.87. The molecule has 8 nitrogen and oxygen atoms in total. The molecule has 0 aliphatic carbocycles. The topological polar surface area (TPSA) is 99.5 Å². The summed E-state index contributed by atoms with van der Waals surface area (Å²) in [5, 5.41) is 20.8. The zero-order valence-electron chi connectivity index (χ0n) is 17.4.